The number of hydrogen-bond donors (Lipinski definition) is 4. The van der Waals surface area contributed by atoms with Gasteiger partial charge in [-0.1, -0.05) is 13.8 Å². The van der Waals surface area contributed by atoms with Gasteiger partial charge in [0.1, 0.15) is 10.0 Å². The highest BCUT2D eigenvalue weighted by Crippen LogP contribution is 2.54. The molecular weight excluding hydrogens is 648 g/mol. The molecule has 0 saturated heterocycles. The molecule has 4 amide bonds. The second kappa shape index (κ2) is 11.3. The number of carbonyl (C=O) groups is 4. The summed E-state index contributed by atoms with van der Waals surface area (Å²) in [6, 6.07) is 0. The van der Waals surface area contributed by atoms with Crippen molar-refractivity contribution < 1.29 is 54.3 Å². The average molecular weight is 675 g/mol. The highest BCUT2D eigenvalue weighted by Gasteiger charge is 2.84. The van der Waals surface area contributed by atoms with Gasteiger partial charge in [0.15, 0.2) is 0 Å². The Morgan fingerprint density at radius 3 is 1.27 bits per heavy atom. The average Bonchev–Trinajstić information content (AvgIpc) is 3.44. The van der Waals surface area contributed by atoms with Crippen LogP contribution in [0.15, 0.2) is 0 Å². The molecule has 6 N–H and O–H groups in total. The van der Waals surface area contributed by atoms with Crippen LogP contribution in [0.2, 0.25) is 0 Å². The predicted molar refractivity (Wildman–Crippen MR) is 145 cm³/mol. The number of alkyl halides is 8. The van der Waals surface area contributed by atoms with Gasteiger partial charge in [-0.25, -0.2) is 0 Å². The molecule has 0 aromatic carbocycles. The van der Waals surface area contributed by atoms with Gasteiger partial charge in [-0.3, -0.25) is 19.2 Å². The van der Waals surface area contributed by atoms with Gasteiger partial charge in [0.05, 0.1) is 11.1 Å². The molecule has 2 atom stereocenters. The molecule has 0 saturated carbocycles. The minimum atomic E-state index is -7.15. The fraction of sp³-hybridized carbons (Fsp3) is 0.538. The van der Waals surface area contributed by atoms with Crippen molar-refractivity contribution in [1.29, 1.82) is 0 Å². The number of halogens is 8. The van der Waals surface area contributed by atoms with E-state index in [0.29, 0.717) is 58.1 Å². The van der Waals surface area contributed by atoms with Crippen LogP contribution in [-0.2, 0) is 35.3 Å². The molecular formula is C26H26F8N4O4S2. The van der Waals surface area contributed by atoms with E-state index in [4.69, 9.17) is 11.5 Å². The van der Waals surface area contributed by atoms with Crippen LogP contribution in [0.3, 0.4) is 0 Å². The third-order valence-corrected chi connectivity index (χ3v) is 10.1. The molecule has 242 valence electrons. The van der Waals surface area contributed by atoms with Gasteiger partial charge >= 0.3 is 35.5 Å². The maximum Gasteiger partial charge on any atom is 0.393 e. The summed E-state index contributed by atoms with van der Waals surface area (Å²) in [5.74, 6) is -36.0. The number of thiophene rings is 2. The molecule has 2 heterocycles. The quantitative estimate of drug-likeness (QED) is 0.265. The van der Waals surface area contributed by atoms with E-state index in [0.717, 1.165) is 0 Å². The molecule has 2 unspecified atom stereocenters. The summed E-state index contributed by atoms with van der Waals surface area (Å²) in [7, 11) is 0. The topological polar surface area (TPSA) is 144 Å². The normalized spacial score (nSPS) is 19.1. The molecule has 2 aliphatic carbocycles. The summed E-state index contributed by atoms with van der Waals surface area (Å²) in [4.78, 5) is 49.4. The standard InChI is InChI=1S/C26H26F8N4O4S2/c1-9-3-5-11-13(7-9)43-19(15(11)17(35)39)37-21(41)23(27,28)25(31,32)26(33,34)24(29,30)22(42)38-20-16(18(36)40)12-6-4-10(2)8-14(12)44-20/h9-10H,3-8H2,1-2H3,(H2,35,39)(H2,36,40)(H,37,41)(H,38,42). The molecule has 2 aromatic heterocycles. The summed E-state index contributed by atoms with van der Waals surface area (Å²) in [6.07, 6.45) is 2.12. The Labute approximate surface area is 252 Å². The van der Waals surface area contributed by atoms with Crippen LogP contribution in [0.4, 0.5) is 45.1 Å². The van der Waals surface area contributed by atoms with Crippen LogP contribution in [0.25, 0.3) is 0 Å². The predicted octanol–water partition coefficient (Wildman–Crippen LogP) is 5.38. The number of fused-ring (bicyclic) bond motifs is 2. The van der Waals surface area contributed by atoms with E-state index in [-0.39, 0.29) is 35.8 Å². The van der Waals surface area contributed by atoms with Crippen molar-refractivity contribution in [3.05, 3.63) is 32.0 Å². The van der Waals surface area contributed by atoms with E-state index in [1.165, 1.54) is 10.6 Å². The maximum atomic E-state index is 14.8. The lowest BCUT2D eigenvalue weighted by Crippen LogP contribution is -2.67. The summed E-state index contributed by atoms with van der Waals surface area (Å²) in [6.45, 7) is 3.64. The number of amides is 4. The van der Waals surface area contributed by atoms with E-state index in [9.17, 15) is 54.3 Å². The van der Waals surface area contributed by atoms with Crippen molar-refractivity contribution >= 4 is 56.3 Å². The van der Waals surface area contributed by atoms with Crippen LogP contribution >= 0.6 is 22.7 Å². The van der Waals surface area contributed by atoms with Gasteiger partial charge in [-0.15, -0.1) is 22.7 Å². The Hall–Kier alpha value is -3.28. The Bertz CT molecular complexity index is 1430. The number of nitrogens with one attached hydrogen (secondary N) is 2. The van der Waals surface area contributed by atoms with Gasteiger partial charge in [0.2, 0.25) is 0 Å². The van der Waals surface area contributed by atoms with Crippen molar-refractivity contribution in [1.82, 2.24) is 0 Å². The van der Waals surface area contributed by atoms with Gasteiger partial charge in [0.25, 0.3) is 11.8 Å². The van der Waals surface area contributed by atoms with E-state index in [2.05, 4.69) is 0 Å². The van der Waals surface area contributed by atoms with E-state index in [1.54, 1.807) is 0 Å². The summed E-state index contributed by atoms with van der Waals surface area (Å²) in [5.41, 5.74) is 10.1. The number of nitrogens with two attached hydrogens (primary N) is 2. The van der Waals surface area contributed by atoms with Crippen molar-refractivity contribution in [3.8, 4) is 0 Å². The first-order chi connectivity index (χ1) is 20.1. The minimum Gasteiger partial charge on any atom is -0.365 e. The van der Waals surface area contributed by atoms with Gasteiger partial charge in [-0.05, 0) is 61.5 Å². The Kier molecular flexibility index (Phi) is 8.60. The monoisotopic (exact) mass is 674 g/mol. The Morgan fingerprint density at radius 1 is 0.659 bits per heavy atom. The third-order valence-electron chi connectivity index (χ3n) is 7.72. The summed E-state index contributed by atoms with van der Waals surface area (Å²) in [5, 5.41) is 1.08. The zero-order valence-corrected chi connectivity index (χ0v) is 24.7. The van der Waals surface area contributed by atoms with Gasteiger partial charge < -0.3 is 22.1 Å². The highest BCUT2D eigenvalue weighted by molar-refractivity contribution is 7.17. The van der Waals surface area contributed by atoms with E-state index in [1.807, 2.05) is 13.8 Å². The van der Waals surface area contributed by atoms with Crippen molar-refractivity contribution in [2.24, 2.45) is 23.3 Å². The van der Waals surface area contributed by atoms with Crippen LogP contribution in [0.1, 0.15) is 68.3 Å². The second-order valence-electron chi connectivity index (χ2n) is 11.0. The van der Waals surface area contributed by atoms with Gasteiger partial charge in [0, 0.05) is 9.75 Å². The van der Waals surface area contributed by atoms with Crippen molar-refractivity contribution in [2.45, 2.75) is 76.1 Å². The second-order valence-corrected chi connectivity index (χ2v) is 13.3. The smallest absolute Gasteiger partial charge is 0.365 e. The molecule has 0 radical (unpaired) electrons. The zero-order valence-electron chi connectivity index (χ0n) is 23.0. The SMILES string of the molecule is CC1CCc2c(sc(NC(=O)C(F)(F)C(F)(F)C(F)(F)C(F)(F)C(=O)Nc3sc4c(c3C(N)=O)CCC(C)C4)c2C(N)=O)C1. The van der Waals surface area contributed by atoms with Crippen molar-refractivity contribution in [2.75, 3.05) is 10.6 Å². The van der Waals surface area contributed by atoms with E-state index >= 15 is 0 Å². The molecule has 18 heteroatoms. The lowest BCUT2D eigenvalue weighted by molar-refractivity contribution is -0.345. The molecule has 0 fully saturated rings. The Morgan fingerprint density at radius 2 is 0.977 bits per heavy atom. The van der Waals surface area contributed by atoms with Crippen LogP contribution in [0, 0.1) is 11.8 Å². The summed E-state index contributed by atoms with van der Waals surface area (Å²) >= 11 is 1.07. The first-order valence-electron chi connectivity index (χ1n) is 13.2. The Balaban J connectivity index is 1.62. The molecule has 2 aliphatic rings. The molecule has 0 aliphatic heterocycles. The summed E-state index contributed by atoms with van der Waals surface area (Å²) < 4.78 is 118. The van der Waals surface area contributed by atoms with Gasteiger partial charge in [-0.2, -0.15) is 35.1 Å². The molecule has 8 nitrogen and oxygen atoms in total. The van der Waals surface area contributed by atoms with Crippen molar-refractivity contribution in [3.63, 3.8) is 0 Å². The highest BCUT2D eigenvalue weighted by atomic mass is 32.1. The molecule has 0 spiro atoms. The van der Waals surface area contributed by atoms with E-state index < -0.39 is 68.4 Å². The molecule has 2 aromatic rings. The fourth-order valence-electron chi connectivity index (χ4n) is 5.24. The number of anilines is 2. The number of carbonyl (C=O) groups excluding carboxylic acids is 4. The van der Waals surface area contributed by atoms with Crippen LogP contribution in [-0.4, -0.2) is 47.3 Å². The number of rotatable bonds is 9. The largest absolute Gasteiger partial charge is 0.393 e. The first kappa shape index (κ1) is 33.6. The number of hydrogen-bond acceptors (Lipinski definition) is 6. The minimum absolute atomic E-state index is 0.0607. The maximum absolute atomic E-state index is 14.8. The lowest BCUT2D eigenvalue weighted by atomic mass is 9.88. The molecule has 4 rings (SSSR count). The number of primary amides is 2. The zero-order chi connectivity index (χ0) is 33.2. The molecule has 0 bridgehead atoms. The fourth-order valence-corrected chi connectivity index (χ4v) is 8.06. The third kappa shape index (κ3) is 5.32. The lowest BCUT2D eigenvalue weighted by Gasteiger charge is -2.35. The molecule has 44 heavy (non-hydrogen) atoms. The first-order valence-corrected chi connectivity index (χ1v) is 14.8. The van der Waals surface area contributed by atoms with Crippen LogP contribution in [0.5, 0.6) is 0 Å². The van der Waals surface area contributed by atoms with Crippen LogP contribution < -0.4 is 22.1 Å².